The van der Waals surface area contributed by atoms with Crippen molar-refractivity contribution in [2.24, 2.45) is 0 Å². The minimum atomic E-state index is -0.396. The normalized spacial score (nSPS) is 12.4. The molecule has 0 fully saturated rings. The highest BCUT2D eigenvalue weighted by atomic mass is 19.1. The van der Waals surface area contributed by atoms with Crippen molar-refractivity contribution in [2.45, 2.75) is 32.8 Å². The summed E-state index contributed by atoms with van der Waals surface area (Å²) >= 11 is 0. The van der Waals surface area contributed by atoms with E-state index in [0.717, 1.165) is 12.8 Å². The number of ether oxygens (including phenoxy) is 1. The van der Waals surface area contributed by atoms with Crippen LogP contribution < -0.4 is 0 Å². The van der Waals surface area contributed by atoms with E-state index in [1.165, 1.54) is 18.2 Å². The highest BCUT2D eigenvalue weighted by Crippen LogP contribution is 2.06. The molecule has 16 heavy (non-hydrogen) atoms. The quantitative estimate of drug-likeness (QED) is 0.693. The lowest BCUT2D eigenvalue weighted by atomic mass is 10.1. The van der Waals surface area contributed by atoms with Crippen molar-refractivity contribution in [2.75, 3.05) is 6.61 Å². The molecule has 2 nitrogen and oxygen atoms in total. The first-order chi connectivity index (χ1) is 7.63. The molecule has 0 amide bonds. The Labute approximate surface area is 95.4 Å². The third kappa shape index (κ3) is 4.11. The number of ketones is 1. The maximum Gasteiger partial charge on any atom is 0.188 e. The second kappa shape index (κ2) is 6.38. The molecule has 0 bridgehead atoms. The van der Waals surface area contributed by atoms with Gasteiger partial charge >= 0.3 is 0 Å². The van der Waals surface area contributed by atoms with E-state index in [9.17, 15) is 9.18 Å². The molecular weight excluding hydrogens is 207 g/mol. The molecule has 0 aliphatic heterocycles. The number of carbonyl (C=O) groups is 1. The van der Waals surface area contributed by atoms with Crippen molar-refractivity contribution in [1.82, 2.24) is 0 Å². The summed E-state index contributed by atoms with van der Waals surface area (Å²) in [5, 5.41) is 0. The van der Waals surface area contributed by atoms with E-state index in [0.29, 0.717) is 5.56 Å². The van der Waals surface area contributed by atoms with Gasteiger partial charge < -0.3 is 4.74 Å². The number of Topliss-reactive ketones (excluding diaryl/α,β-unsaturated/α-hetero) is 1. The maximum absolute atomic E-state index is 12.9. The van der Waals surface area contributed by atoms with E-state index in [4.69, 9.17) is 4.74 Å². The Morgan fingerprint density at radius 2 is 2.25 bits per heavy atom. The van der Waals surface area contributed by atoms with Crippen LogP contribution in [0.15, 0.2) is 24.3 Å². The first-order valence-electron chi connectivity index (χ1n) is 5.54. The molecule has 0 N–H and O–H groups in total. The largest absolute Gasteiger partial charge is 0.370 e. The van der Waals surface area contributed by atoms with Gasteiger partial charge in [-0.3, -0.25) is 4.79 Å². The fourth-order valence-electron chi connectivity index (χ4n) is 1.45. The molecule has 0 radical (unpaired) electrons. The van der Waals surface area contributed by atoms with Crippen molar-refractivity contribution in [3.8, 4) is 0 Å². The summed E-state index contributed by atoms with van der Waals surface area (Å²) in [5.41, 5.74) is 0.365. The number of rotatable bonds is 6. The molecule has 0 heterocycles. The Hall–Kier alpha value is -1.22. The minimum Gasteiger partial charge on any atom is -0.370 e. The van der Waals surface area contributed by atoms with Crippen LogP contribution in [0.25, 0.3) is 0 Å². The zero-order valence-corrected chi connectivity index (χ0v) is 9.70. The Morgan fingerprint density at radius 1 is 1.50 bits per heavy atom. The third-order valence-corrected chi connectivity index (χ3v) is 2.34. The molecule has 0 aliphatic rings. The van der Waals surface area contributed by atoms with Crippen LogP contribution in [0, 0.1) is 5.82 Å². The number of hydrogen-bond donors (Lipinski definition) is 0. The molecule has 0 saturated heterocycles. The molecule has 1 atom stereocenters. The van der Waals surface area contributed by atoms with Crippen LogP contribution in [0.4, 0.5) is 4.39 Å². The summed E-state index contributed by atoms with van der Waals surface area (Å²) in [7, 11) is 0. The van der Waals surface area contributed by atoms with Crippen LogP contribution in [0.5, 0.6) is 0 Å². The average molecular weight is 224 g/mol. The summed E-state index contributed by atoms with van der Waals surface area (Å²) in [6.07, 6.45) is 2.02. The Morgan fingerprint density at radius 3 is 2.88 bits per heavy atom. The Kier molecular flexibility index (Phi) is 5.12. The van der Waals surface area contributed by atoms with Crippen LogP contribution in [0.2, 0.25) is 0 Å². The van der Waals surface area contributed by atoms with E-state index in [2.05, 4.69) is 6.92 Å². The van der Waals surface area contributed by atoms with Crippen LogP contribution in [0.3, 0.4) is 0 Å². The van der Waals surface area contributed by atoms with Gasteiger partial charge in [0.25, 0.3) is 0 Å². The van der Waals surface area contributed by atoms with Gasteiger partial charge in [0.15, 0.2) is 5.78 Å². The predicted octanol–water partition coefficient (Wildman–Crippen LogP) is 3.21. The molecule has 1 aromatic rings. The zero-order chi connectivity index (χ0) is 12.0. The van der Waals surface area contributed by atoms with E-state index in [1.54, 1.807) is 6.07 Å². The van der Waals surface area contributed by atoms with Gasteiger partial charge in [-0.1, -0.05) is 25.5 Å². The first kappa shape index (κ1) is 12.8. The molecule has 0 aromatic heterocycles. The fourth-order valence-corrected chi connectivity index (χ4v) is 1.45. The number of halogens is 1. The number of benzene rings is 1. The van der Waals surface area contributed by atoms with Gasteiger partial charge in [0, 0.05) is 5.56 Å². The molecule has 1 aromatic carbocycles. The molecular formula is C13H17FO2. The SMILES string of the molecule is CCCC(C)OCC(=O)c1cccc(F)c1. The monoisotopic (exact) mass is 224 g/mol. The minimum absolute atomic E-state index is 0.0185. The van der Waals surface area contributed by atoms with Gasteiger partial charge in [-0.05, 0) is 25.5 Å². The first-order valence-corrected chi connectivity index (χ1v) is 5.54. The van der Waals surface area contributed by atoms with E-state index >= 15 is 0 Å². The fraction of sp³-hybridized carbons (Fsp3) is 0.462. The van der Waals surface area contributed by atoms with Gasteiger partial charge in [-0.2, -0.15) is 0 Å². The van der Waals surface area contributed by atoms with Crippen LogP contribution in [0.1, 0.15) is 37.0 Å². The second-order valence-corrected chi connectivity index (χ2v) is 3.84. The Balaban J connectivity index is 2.47. The van der Waals surface area contributed by atoms with Gasteiger partial charge in [-0.15, -0.1) is 0 Å². The molecule has 1 rings (SSSR count). The maximum atomic E-state index is 12.9. The highest BCUT2D eigenvalue weighted by molar-refractivity contribution is 5.97. The predicted molar refractivity (Wildman–Crippen MR) is 61.1 cm³/mol. The topological polar surface area (TPSA) is 26.3 Å². The van der Waals surface area contributed by atoms with Gasteiger partial charge in [-0.25, -0.2) is 4.39 Å². The molecule has 0 aliphatic carbocycles. The third-order valence-electron chi connectivity index (χ3n) is 2.34. The summed E-state index contributed by atoms with van der Waals surface area (Å²) in [6, 6.07) is 5.67. The standard InChI is InChI=1S/C13H17FO2/c1-3-5-10(2)16-9-13(15)11-6-4-7-12(14)8-11/h4,6-8,10H,3,5,9H2,1-2H3. The van der Waals surface area contributed by atoms with E-state index in [1.807, 2.05) is 6.92 Å². The zero-order valence-electron chi connectivity index (χ0n) is 9.70. The lowest BCUT2D eigenvalue weighted by Crippen LogP contribution is -2.15. The lowest BCUT2D eigenvalue weighted by molar-refractivity contribution is 0.0490. The van der Waals surface area contributed by atoms with Crippen molar-refractivity contribution in [1.29, 1.82) is 0 Å². The summed E-state index contributed by atoms with van der Waals surface area (Å²) in [4.78, 5) is 11.6. The molecule has 0 saturated carbocycles. The summed E-state index contributed by atoms with van der Waals surface area (Å²) < 4.78 is 18.2. The van der Waals surface area contributed by atoms with Gasteiger partial charge in [0.05, 0.1) is 6.10 Å². The van der Waals surface area contributed by atoms with Crippen LogP contribution in [-0.4, -0.2) is 18.5 Å². The van der Waals surface area contributed by atoms with E-state index < -0.39 is 5.82 Å². The highest BCUT2D eigenvalue weighted by Gasteiger charge is 2.09. The smallest absolute Gasteiger partial charge is 0.188 e. The molecule has 3 heteroatoms. The number of carbonyl (C=O) groups excluding carboxylic acids is 1. The Bertz CT molecular complexity index is 350. The van der Waals surface area contributed by atoms with Gasteiger partial charge in [0.1, 0.15) is 12.4 Å². The van der Waals surface area contributed by atoms with Crippen molar-refractivity contribution < 1.29 is 13.9 Å². The van der Waals surface area contributed by atoms with Crippen LogP contribution >= 0.6 is 0 Å². The van der Waals surface area contributed by atoms with E-state index in [-0.39, 0.29) is 18.5 Å². The van der Waals surface area contributed by atoms with Gasteiger partial charge in [0.2, 0.25) is 0 Å². The van der Waals surface area contributed by atoms with Crippen LogP contribution in [-0.2, 0) is 4.74 Å². The molecule has 1 unspecified atom stereocenters. The summed E-state index contributed by atoms with van der Waals surface area (Å²) in [5.74, 6) is -0.574. The van der Waals surface area contributed by atoms with Crippen molar-refractivity contribution in [3.63, 3.8) is 0 Å². The summed E-state index contributed by atoms with van der Waals surface area (Å²) in [6.45, 7) is 4.02. The lowest BCUT2D eigenvalue weighted by Gasteiger charge is -2.10. The van der Waals surface area contributed by atoms with Crippen molar-refractivity contribution >= 4 is 5.78 Å². The van der Waals surface area contributed by atoms with Crippen molar-refractivity contribution in [3.05, 3.63) is 35.6 Å². The number of hydrogen-bond acceptors (Lipinski definition) is 2. The average Bonchev–Trinajstić information content (AvgIpc) is 2.26. The molecule has 88 valence electrons. The second-order valence-electron chi connectivity index (χ2n) is 3.84. The molecule has 0 spiro atoms.